The fourth-order valence-corrected chi connectivity index (χ4v) is 2.24. The predicted molar refractivity (Wildman–Crippen MR) is 97.3 cm³/mol. The van der Waals surface area contributed by atoms with Gasteiger partial charge in [0.15, 0.2) is 5.82 Å². The summed E-state index contributed by atoms with van der Waals surface area (Å²) < 4.78 is 27.2. The maximum Gasteiger partial charge on any atom is 0.273 e. The maximum absolute atomic E-state index is 13.1. The van der Waals surface area contributed by atoms with Crippen LogP contribution >= 0.6 is 0 Å². The molecule has 1 heterocycles. The highest BCUT2D eigenvalue weighted by atomic mass is 19.1. The van der Waals surface area contributed by atoms with Gasteiger partial charge in [-0.25, -0.2) is 13.5 Å². The van der Waals surface area contributed by atoms with Gasteiger partial charge in [-0.15, -0.1) is 5.10 Å². The number of rotatable bonds is 4. The second-order valence-corrected chi connectivity index (χ2v) is 5.62. The largest absolute Gasteiger partial charge is 0.355 e. The quantitative estimate of drug-likeness (QED) is 0.495. The third kappa shape index (κ3) is 5.34. The molecule has 30 heavy (non-hydrogen) atoms. The van der Waals surface area contributed by atoms with Gasteiger partial charge in [0.2, 0.25) is 0 Å². The van der Waals surface area contributed by atoms with Crippen molar-refractivity contribution >= 4 is 17.3 Å². The molecule has 3 rings (SSSR count). The van der Waals surface area contributed by atoms with Gasteiger partial charge in [-0.2, -0.15) is 0 Å². The van der Waals surface area contributed by atoms with E-state index in [4.69, 9.17) is 0 Å². The van der Waals surface area contributed by atoms with Crippen LogP contribution in [-0.2, 0) is 7.05 Å². The number of nitrogens with one attached hydrogen (secondary N) is 1. The molecule has 0 bridgehead atoms. The SMILES string of the molecule is CNC(=O)c1cc(F)cc([N+](=O)[O-])c1.Cn1nnnc1-c1cc(F)cc([N+](=O)[O-])c1. The summed E-state index contributed by atoms with van der Waals surface area (Å²) in [5, 5.41) is 33.7. The van der Waals surface area contributed by atoms with E-state index in [0.29, 0.717) is 0 Å². The van der Waals surface area contributed by atoms with Crippen molar-refractivity contribution < 1.29 is 23.4 Å². The molecule has 0 aliphatic rings. The van der Waals surface area contributed by atoms with Crippen molar-refractivity contribution in [3.05, 3.63) is 73.8 Å². The van der Waals surface area contributed by atoms with Crippen LogP contribution in [0.5, 0.6) is 0 Å². The van der Waals surface area contributed by atoms with E-state index < -0.39 is 33.1 Å². The van der Waals surface area contributed by atoms with Gasteiger partial charge in [0, 0.05) is 37.4 Å². The highest BCUT2D eigenvalue weighted by Crippen LogP contribution is 2.23. The maximum atomic E-state index is 13.1. The number of non-ortho nitro benzene ring substituents is 2. The minimum atomic E-state index is -0.808. The van der Waals surface area contributed by atoms with Crippen molar-refractivity contribution in [1.29, 1.82) is 0 Å². The molecule has 0 aliphatic carbocycles. The van der Waals surface area contributed by atoms with Crippen LogP contribution in [0.1, 0.15) is 10.4 Å². The monoisotopic (exact) mass is 421 g/mol. The van der Waals surface area contributed by atoms with Crippen molar-refractivity contribution in [1.82, 2.24) is 25.5 Å². The second kappa shape index (κ2) is 9.22. The topological polar surface area (TPSA) is 159 Å². The first-order chi connectivity index (χ1) is 14.1. The van der Waals surface area contributed by atoms with Gasteiger partial charge in [0.05, 0.1) is 22.0 Å². The molecule has 1 N–H and O–H groups in total. The summed E-state index contributed by atoms with van der Waals surface area (Å²) >= 11 is 0. The number of halogens is 2. The first-order valence-electron chi connectivity index (χ1n) is 7.97. The number of hydrogen-bond acceptors (Lipinski definition) is 8. The number of aromatic nitrogens is 4. The molecule has 12 nitrogen and oxygen atoms in total. The Morgan fingerprint density at radius 3 is 2.07 bits per heavy atom. The zero-order valence-corrected chi connectivity index (χ0v) is 15.4. The lowest BCUT2D eigenvalue weighted by molar-refractivity contribution is -0.385. The Labute approximate surface area is 166 Å². The lowest BCUT2D eigenvalue weighted by Crippen LogP contribution is -2.18. The standard InChI is InChI=1S/C8H6FN5O2.C8H7FN2O3/c1-13-8(10-11-12-13)5-2-6(9)4-7(3-5)14(15)16;1-10-8(12)5-2-6(9)4-7(3-5)11(13)14/h2-4H,1H3;2-4H,1H3,(H,10,12). The zero-order chi connectivity index (χ0) is 22.4. The van der Waals surface area contributed by atoms with Crippen LogP contribution in [0.25, 0.3) is 11.4 Å². The molecule has 0 spiro atoms. The van der Waals surface area contributed by atoms with Crippen LogP contribution in [0.3, 0.4) is 0 Å². The zero-order valence-electron chi connectivity index (χ0n) is 15.4. The lowest BCUT2D eigenvalue weighted by atomic mass is 10.2. The van der Waals surface area contributed by atoms with Gasteiger partial charge in [-0.1, -0.05) is 0 Å². The van der Waals surface area contributed by atoms with Crippen molar-refractivity contribution in [2.75, 3.05) is 7.05 Å². The van der Waals surface area contributed by atoms with Crippen LogP contribution in [-0.4, -0.2) is 43.0 Å². The fraction of sp³-hybridized carbons (Fsp3) is 0.125. The molecule has 1 aromatic heterocycles. The summed E-state index contributed by atoms with van der Waals surface area (Å²) in [7, 11) is 2.92. The Bertz CT molecular complexity index is 1120. The molecule has 0 unspecified atom stereocenters. The average Bonchev–Trinajstić information content (AvgIpc) is 3.12. The normalized spacial score (nSPS) is 10.0. The second-order valence-electron chi connectivity index (χ2n) is 5.62. The number of aryl methyl sites for hydroxylation is 1. The Morgan fingerprint density at radius 2 is 1.57 bits per heavy atom. The molecule has 0 aliphatic heterocycles. The molecule has 14 heteroatoms. The lowest BCUT2D eigenvalue weighted by Gasteiger charge is -1.99. The van der Waals surface area contributed by atoms with E-state index >= 15 is 0 Å². The number of hydrogen-bond donors (Lipinski definition) is 1. The molecule has 0 radical (unpaired) electrons. The molecule has 2 aromatic carbocycles. The third-order valence-electron chi connectivity index (χ3n) is 3.55. The fourth-order valence-electron chi connectivity index (χ4n) is 2.24. The van der Waals surface area contributed by atoms with E-state index in [0.717, 1.165) is 30.3 Å². The van der Waals surface area contributed by atoms with E-state index in [2.05, 4.69) is 20.8 Å². The van der Waals surface area contributed by atoms with Gasteiger partial charge in [0.25, 0.3) is 17.3 Å². The summed E-state index contributed by atoms with van der Waals surface area (Å²) in [6.07, 6.45) is 0. The minimum Gasteiger partial charge on any atom is -0.355 e. The number of carbonyl (C=O) groups excluding carboxylic acids is 1. The Hall–Kier alpha value is -4.36. The van der Waals surface area contributed by atoms with Gasteiger partial charge in [-0.05, 0) is 22.6 Å². The number of benzene rings is 2. The smallest absolute Gasteiger partial charge is 0.273 e. The molecule has 0 saturated heterocycles. The number of amides is 1. The third-order valence-corrected chi connectivity index (χ3v) is 3.55. The number of carbonyl (C=O) groups is 1. The number of nitrogens with zero attached hydrogens (tertiary/aromatic N) is 6. The van der Waals surface area contributed by atoms with E-state index in [9.17, 15) is 33.8 Å². The summed E-state index contributed by atoms with van der Waals surface area (Å²) in [6.45, 7) is 0. The summed E-state index contributed by atoms with van der Waals surface area (Å²) in [4.78, 5) is 30.5. The molecule has 156 valence electrons. The highest BCUT2D eigenvalue weighted by Gasteiger charge is 2.15. The van der Waals surface area contributed by atoms with E-state index in [-0.39, 0.29) is 22.6 Å². The first kappa shape index (κ1) is 21.9. The van der Waals surface area contributed by atoms with E-state index in [1.165, 1.54) is 17.8 Å². The van der Waals surface area contributed by atoms with Crippen LogP contribution < -0.4 is 5.32 Å². The van der Waals surface area contributed by atoms with Gasteiger partial charge >= 0.3 is 0 Å². The van der Waals surface area contributed by atoms with Crippen LogP contribution in [0.15, 0.2) is 36.4 Å². The molecule has 1 amide bonds. The van der Waals surface area contributed by atoms with E-state index in [1.54, 1.807) is 7.05 Å². The Kier molecular flexibility index (Phi) is 6.74. The molecule has 0 fully saturated rings. The number of nitro groups is 2. The van der Waals surface area contributed by atoms with Crippen molar-refractivity contribution in [3.63, 3.8) is 0 Å². The van der Waals surface area contributed by atoms with Crippen molar-refractivity contribution in [3.8, 4) is 11.4 Å². The Morgan fingerprint density at radius 1 is 1.00 bits per heavy atom. The van der Waals surface area contributed by atoms with Crippen LogP contribution in [0.4, 0.5) is 20.2 Å². The molecular formula is C16H13F2N7O5. The van der Waals surface area contributed by atoms with Crippen LogP contribution in [0.2, 0.25) is 0 Å². The van der Waals surface area contributed by atoms with E-state index in [1.807, 2.05) is 0 Å². The molecule has 3 aromatic rings. The van der Waals surface area contributed by atoms with Crippen molar-refractivity contribution in [2.45, 2.75) is 0 Å². The van der Waals surface area contributed by atoms with Gasteiger partial charge < -0.3 is 5.32 Å². The van der Waals surface area contributed by atoms with Crippen molar-refractivity contribution in [2.24, 2.45) is 7.05 Å². The number of tetrazole rings is 1. The van der Waals surface area contributed by atoms with Crippen LogP contribution in [0, 0.1) is 31.9 Å². The predicted octanol–water partition coefficient (Wildman–Crippen LogP) is 2.02. The molecular weight excluding hydrogens is 408 g/mol. The summed E-state index contributed by atoms with van der Waals surface area (Å²) in [5.74, 6) is -1.81. The van der Waals surface area contributed by atoms with Gasteiger partial charge in [-0.3, -0.25) is 25.0 Å². The van der Waals surface area contributed by atoms with Gasteiger partial charge in [0.1, 0.15) is 11.6 Å². The Balaban J connectivity index is 0.000000216. The molecule has 0 atom stereocenters. The summed E-state index contributed by atoms with van der Waals surface area (Å²) in [5.41, 5.74) is -0.583. The summed E-state index contributed by atoms with van der Waals surface area (Å²) in [6, 6.07) is 5.90. The minimum absolute atomic E-state index is 0.0702. The first-order valence-corrected chi connectivity index (χ1v) is 7.97. The number of nitro benzene ring substituents is 2. The average molecular weight is 421 g/mol. The molecule has 0 saturated carbocycles. The highest BCUT2D eigenvalue weighted by molar-refractivity contribution is 5.94.